The van der Waals surface area contributed by atoms with Gasteiger partial charge in [0.1, 0.15) is 6.54 Å². The third-order valence-electron chi connectivity index (χ3n) is 5.82. The lowest BCUT2D eigenvalue weighted by Gasteiger charge is -2.30. The van der Waals surface area contributed by atoms with Gasteiger partial charge in [0, 0.05) is 23.2 Å². The second-order valence-corrected chi connectivity index (χ2v) is 9.71. The van der Waals surface area contributed by atoms with E-state index in [4.69, 9.17) is 0 Å². The van der Waals surface area contributed by atoms with Crippen LogP contribution in [0.2, 0.25) is 0 Å². The Labute approximate surface area is 201 Å². The van der Waals surface area contributed by atoms with Crippen LogP contribution >= 0.6 is 11.3 Å². The Kier molecular flexibility index (Phi) is 8.28. The molecule has 0 spiro atoms. The summed E-state index contributed by atoms with van der Waals surface area (Å²) in [6.45, 7) is 11.0. The number of benzene rings is 2. The van der Waals surface area contributed by atoms with E-state index >= 15 is 0 Å². The van der Waals surface area contributed by atoms with Crippen molar-refractivity contribution in [3.8, 4) is 0 Å². The lowest BCUT2D eigenvalue weighted by Crippen LogP contribution is -2.47. The molecule has 0 saturated heterocycles. The average Bonchev–Trinajstić information content (AvgIpc) is 3.18. The Bertz CT molecular complexity index is 1090. The highest BCUT2D eigenvalue weighted by Crippen LogP contribution is 2.20. The number of hydrogen-bond acceptors (Lipinski definition) is 3. The predicted octanol–water partition coefficient (Wildman–Crippen LogP) is 6.14. The molecule has 1 heterocycles. The van der Waals surface area contributed by atoms with Crippen LogP contribution in [0, 0.1) is 20.8 Å². The molecule has 0 atom stereocenters. The molecule has 0 unspecified atom stereocenters. The molecule has 0 aliphatic heterocycles. The fourth-order valence-electron chi connectivity index (χ4n) is 3.52. The molecule has 6 heteroatoms. The van der Waals surface area contributed by atoms with Crippen molar-refractivity contribution in [3.63, 3.8) is 0 Å². The summed E-state index contributed by atoms with van der Waals surface area (Å²) in [5.41, 5.74) is 5.26. The molecule has 1 aromatic heterocycles. The third kappa shape index (κ3) is 6.68. The lowest BCUT2D eigenvalue weighted by atomic mass is 10.1. The standard InChI is InChI=1S/C27H33N3O2S/c1-19(2)30(27(32)28-24-12-11-20(3)22(5)15-24)18-26(31)29(16-23-9-7-6-8-10-23)17-25-21(4)13-14-33-25/h6-15,19H,16-18H2,1-5H3,(H,28,32). The molecule has 1 N–H and O–H groups in total. The van der Waals surface area contributed by atoms with Gasteiger partial charge in [-0.15, -0.1) is 11.3 Å². The monoisotopic (exact) mass is 463 g/mol. The number of anilines is 1. The van der Waals surface area contributed by atoms with Crippen LogP contribution in [0.5, 0.6) is 0 Å². The molecule has 0 aliphatic carbocycles. The van der Waals surface area contributed by atoms with Gasteiger partial charge < -0.3 is 15.1 Å². The summed E-state index contributed by atoms with van der Waals surface area (Å²) in [6.07, 6.45) is 0. The highest BCUT2D eigenvalue weighted by atomic mass is 32.1. The molecule has 0 bridgehead atoms. The van der Waals surface area contributed by atoms with Gasteiger partial charge in [0.25, 0.3) is 0 Å². The number of aryl methyl sites for hydroxylation is 3. The summed E-state index contributed by atoms with van der Waals surface area (Å²) in [5, 5.41) is 5.01. The van der Waals surface area contributed by atoms with Gasteiger partial charge in [0.2, 0.25) is 5.91 Å². The van der Waals surface area contributed by atoms with E-state index in [1.807, 2.05) is 86.5 Å². The van der Waals surface area contributed by atoms with Crippen LogP contribution in [0.1, 0.15) is 41.0 Å². The fraction of sp³-hybridized carbons (Fsp3) is 0.333. The van der Waals surface area contributed by atoms with Crippen LogP contribution in [0.3, 0.4) is 0 Å². The first-order valence-corrected chi connectivity index (χ1v) is 12.1. The van der Waals surface area contributed by atoms with Crippen molar-refractivity contribution in [1.82, 2.24) is 9.80 Å². The Balaban J connectivity index is 1.76. The van der Waals surface area contributed by atoms with Crippen molar-refractivity contribution in [1.29, 1.82) is 0 Å². The quantitative estimate of drug-likeness (QED) is 0.436. The zero-order chi connectivity index (χ0) is 24.0. The number of carbonyl (C=O) groups excluding carboxylic acids is 2. The second kappa shape index (κ2) is 11.1. The van der Waals surface area contributed by atoms with Crippen LogP contribution in [-0.2, 0) is 17.9 Å². The van der Waals surface area contributed by atoms with Gasteiger partial charge in [-0.25, -0.2) is 4.79 Å². The number of urea groups is 1. The summed E-state index contributed by atoms with van der Waals surface area (Å²) >= 11 is 1.65. The zero-order valence-corrected chi connectivity index (χ0v) is 20.9. The van der Waals surface area contributed by atoms with E-state index in [-0.39, 0.29) is 24.5 Å². The Morgan fingerprint density at radius 3 is 2.24 bits per heavy atom. The molecule has 0 aliphatic rings. The van der Waals surface area contributed by atoms with Crippen molar-refractivity contribution in [2.75, 3.05) is 11.9 Å². The molecule has 33 heavy (non-hydrogen) atoms. The third-order valence-corrected chi connectivity index (χ3v) is 6.83. The van der Waals surface area contributed by atoms with E-state index in [1.54, 1.807) is 16.2 Å². The molecule has 0 fully saturated rings. The molecule has 3 aromatic rings. The maximum absolute atomic E-state index is 13.5. The van der Waals surface area contributed by atoms with E-state index < -0.39 is 0 Å². The van der Waals surface area contributed by atoms with Gasteiger partial charge in [0.05, 0.1) is 6.54 Å². The Morgan fingerprint density at radius 2 is 1.64 bits per heavy atom. The topological polar surface area (TPSA) is 52.7 Å². The molecule has 3 amide bonds. The van der Waals surface area contributed by atoms with E-state index in [2.05, 4.69) is 18.3 Å². The van der Waals surface area contributed by atoms with Gasteiger partial charge in [-0.3, -0.25) is 4.79 Å². The van der Waals surface area contributed by atoms with Crippen molar-refractivity contribution < 1.29 is 9.59 Å². The van der Waals surface area contributed by atoms with Crippen molar-refractivity contribution >= 4 is 29.0 Å². The first-order chi connectivity index (χ1) is 15.7. The van der Waals surface area contributed by atoms with E-state index in [9.17, 15) is 9.59 Å². The van der Waals surface area contributed by atoms with Gasteiger partial charge in [0.15, 0.2) is 0 Å². The van der Waals surface area contributed by atoms with Crippen LogP contribution in [0.25, 0.3) is 0 Å². The maximum atomic E-state index is 13.5. The minimum atomic E-state index is -0.270. The summed E-state index contributed by atoms with van der Waals surface area (Å²) in [4.78, 5) is 31.1. The van der Waals surface area contributed by atoms with Gasteiger partial charge in [-0.1, -0.05) is 36.4 Å². The first kappa shape index (κ1) is 24.5. The Hall–Kier alpha value is -3.12. The highest BCUT2D eigenvalue weighted by Gasteiger charge is 2.24. The summed E-state index contributed by atoms with van der Waals surface area (Å²) in [6, 6.07) is 17.5. The number of thiophene rings is 1. The van der Waals surface area contributed by atoms with E-state index in [1.165, 1.54) is 11.1 Å². The van der Waals surface area contributed by atoms with Gasteiger partial charge in [-0.2, -0.15) is 0 Å². The first-order valence-electron chi connectivity index (χ1n) is 11.2. The molecular weight excluding hydrogens is 430 g/mol. The number of nitrogens with zero attached hydrogens (tertiary/aromatic N) is 2. The number of carbonyl (C=O) groups is 2. The molecule has 0 saturated carbocycles. The summed E-state index contributed by atoms with van der Waals surface area (Å²) < 4.78 is 0. The van der Waals surface area contributed by atoms with Crippen LogP contribution < -0.4 is 5.32 Å². The minimum Gasteiger partial charge on any atom is -0.332 e. The van der Waals surface area contributed by atoms with Crippen molar-refractivity contribution in [2.45, 2.75) is 53.8 Å². The fourth-order valence-corrected chi connectivity index (χ4v) is 4.45. The zero-order valence-electron chi connectivity index (χ0n) is 20.1. The average molecular weight is 464 g/mol. The number of amides is 3. The number of nitrogens with one attached hydrogen (secondary N) is 1. The summed E-state index contributed by atoms with van der Waals surface area (Å²) in [7, 11) is 0. The van der Waals surface area contributed by atoms with Gasteiger partial charge >= 0.3 is 6.03 Å². The van der Waals surface area contributed by atoms with E-state index in [0.29, 0.717) is 13.1 Å². The second-order valence-electron chi connectivity index (χ2n) is 8.71. The molecule has 5 nitrogen and oxygen atoms in total. The largest absolute Gasteiger partial charge is 0.332 e. The molecule has 2 aromatic carbocycles. The van der Waals surface area contributed by atoms with Crippen LogP contribution in [0.4, 0.5) is 10.5 Å². The number of rotatable bonds is 8. The minimum absolute atomic E-state index is 0.0194. The smallest absolute Gasteiger partial charge is 0.322 e. The van der Waals surface area contributed by atoms with Crippen LogP contribution in [-0.4, -0.2) is 34.3 Å². The predicted molar refractivity (Wildman–Crippen MR) is 137 cm³/mol. The van der Waals surface area contributed by atoms with E-state index in [0.717, 1.165) is 21.7 Å². The summed E-state index contributed by atoms with van der Waals surface area (Å²) in [5.74, 6) is -0.0735. The lowest BCUT2D eigenvalue weighted by molar-refractivity contribution is -0.133. The number of hydrogen-bond donors (Lipinski definition) is 1. The highest BCUT2D eigenvalue weighted by molar-refractivity contribution is 7.10. The molecule has 0 radical (unpaired) electrons. The normalized spacial score (nSPS) is 10.8. The van der Waals surface area contributed by atoms with Crippen LogP contribution in [0.15, 0.2) is 60.0 Å². The Morgan fingerprint density at radius 1 is 0.909 bits per heavy atom. The molecule has 3 rings (SSSR count). The molecule has 174 valence electrons. The van der Waals surface area contributed by atoms with Crippen molar-refractivity contribution in [2.24, 2.45) is 0 Å². The molecular formula is C27H33N3O2S. The SMILES string of the molecule is Cc1ccc(NC(=O)N(CC(=O)N(Cc2ccccc2)Cc2sccc2C)C(C)C)cc1C. The maximum Gasteiger partial charge on any atom is 0.322 e. The van der Waals surface area contributed by atoms with Crippen molar-refractivity contribution in [3.05, 3.63) is 87.1 Å². The van der Waals surface area contributed by atoms with Gasteiger partial charge in [-0.05, 0) is 80.5 Å².